The Bertz CT molecular complexity index is 286. The van der Waals surface area contributed by atoms with E-state index in [0.717, 1.165) is 19.4 Å². The quantitative estimate of drug-likeness (QED) is 0.715. The van der Waals surface area contributed by atoms with Crippen LogP contribution in [0.4, 0.5) is 0 Å². The number of piperidine rings is 1. The van der Waals surface area contributed by atoms with Gasteiger partial charge < -0.3 is 16.4 Å². The lowest BCUT2D eigenvalue weighted by Crippen LogP contribution is -2.50. The topological polar surface area (TPSA) is 89.4 Å². The number of hydrogen-bond acceptors (Lipinski definition) is 4. The van der Waals surface area contributed by atoms with E-state index in [4.69, 9.17) is 11.5 Å². The molecule has 2 atom stereocenters. The minimum Gasteiger partial charge on any atom is -0.369 e. The predicted molar refractivity (Wildman–Crippen MR) is 69.5 cm³/mol. The molecule has 1 aliphatic rings. The van der Waals surface area contributed by atoms with Crippen molar-refractivity contribution in [3.8, 4) is 0 Å². The number of carbonyl (C=O) groups is 2. The minimum atomic E-state index is -0.384. The summed E-state index contributed by atoms with van der Waals surface area (Å²) in [6.07, 6.45) is 2.01. The van der Waals surface area contributed by atoms with Gasteiger partial charge in [-0.3, -0.25) is 9.59 Å². The Morgan fingerprint density at radius 1 is 1.41 bits per heavy atom. The van der Waals surface area contributed by atoms with Gasteiger partial charge in [-0.05, 0) is 18.8 Å². The zero-order valence-electron chi connectivity index (χ0n) is 10.2. The van der Waals surface area contributed by atoms with E-state index in [0.29, 0.717) is 18.2 Å². The van der Waals surface area contributed by atoms with Crippen molar-refractivity contribution < 1.29 is 9.59 Å². The molecule has 4 N–H and O–H groups in total. The van der Waals surface area contributed by atoms with Gasteiger partial charge in [-0.2, -0.15) is 0 Å². The third-order valence-electron chi connectivity index (χ3n) is 3.04. The number of hydrogen-bond donors (Lipinski definition) is 2. The van der Waals surface area contributed by atoms with Crippen LogP contribution in [-0.2, 0) is 9.59 Å². The van der Waals surface area contributed by atoms with Crippen LogP contribution in [0, 0.1) is 5.92 Å². The number of thioether (sulfide) groups is 1. The van der Waals surface area contributed by atoms with Gasteiger partial charge in [-0.25, -0.2) is 0 Å². The zero-order valence-corrected chi connectivity index (χ0v) is 11.0. The molecule has 1 heterocycles. The normalized spacial score (nSPS) is 24.7. The van der Waals surface area contributed by atoms with Crippen LogP contribution in [0.3, 0.4) is 0 Å². The summed E-state index contributed by atoms with van der Waals surface area (Å²) in [6.45, 7) is 3.47. The summed E-state index contributed by atoms with van der Waals surface area (Å²) in [7, 11) is 0. The minimum absolute atomic E-state index is 0.0681. The fraction of sp³-hybridized carbons (Fsp3) is 0.818. The number of nitrogens with two attached hydrogens (primary N) is 2. The van der Waals surface area contributed by atoms with Gasteiger partial charge >= 0.3 is 0 Å². The lowest BCUT2D eigenvalue weighted by atomic mass is 9.92. The van der Waals surface area contributed by atoms with Crippen LogP contribution in [-0.4, -0.2) is 47.4 Å². The van der Waals surface area contributed by atoms with E-state index in [9.17, 15) is 9.59 Å². The molecule has 5 nitrogen and oxygen atoms in total. The molecule has 2 unspecified atom stereocenters. The molecule has 1 saturated heterocycles. The molecular weight excluding hydrogens is 238 g/mol. The highest BCUT2D eigenvalue weighted by Crippen LogP contribution is 2.22. The zero-order chi connectivity index (χ0) is 12.8. The van der Waals surface area contributed by atoms with Gasteiger partial charge in [0.05, 0.1) is 11.5 Å². The van der Waals surface area contributed by atoms with Crippen LogP contribution in [0.5, 0.6) is 0 Å². The number of rotatable bonds is 5. The lowest BCUT2D eigenvalue weighted by molar-refractivity contribution is -0.132. The van der Waals surface area contributed by atoms with Crippen molar-refractivity contribution in [2.24, 2.45) is 17.4 Å². The summed E-state index contributed by atoms with van der Waals surface area (Å²) < 4.78 is 0. The summed E-state index contributed by atoms with van der Waals surface area (Å²) in [5.74, 6) is 0.826. The third-order valence-corrected chi connectivity index (χ3v) is 3.98. The molecular formula is C11H21N3O2S. The Balaban J connectivity index is 2.41. The van der Waals surface area contributed by atoms with Crippen LogP contribution in [0.15, 0.2) is 0 Å². The average Bonchev–Trinajstić information content (AvgIpc) is 2.28. The summed E-state index contributed by atoms with van der Waals surface area (Å²) in [5, 5.41) is 0. The molecule has 1 rings (SSSR count). The Morgan fingerprint density at radius 2 is 2.12 bits per heavy atom. The largest absolute Gasteiger partial charge is 0.369 e. The molecule has 0 aliphatic carbocycles. The van der Waals surface area contributed by atoms with Gasteiger partial charge in [0.2, 0.25) is 11.8 Å². The van der Waals surface area contributed by atoms with Crippen LogP contribution >= 0.6 is 11.8 Å². The van der Waals surface area contributed by atoms with Crippen molar-refractivity contribution in [2.45, 2.75) is 25.8 Å². The van der Waals surface area contributed by atoms with Gasteiger partial charge in [0.1, 0.15) is 0 Å². The van der Waals surface area contributed by atoms with Gasteiger partial charge in [0.15, 0.2) is 0 Å². The van der Waals surface area contributed by atoms with Gasteiger partial charge in [-0.1, -0.05) is 6.92 Å². The molecule has 1 aliphatic heterocycles. The fourth-order valence-corrected chi connectivity index (χ4v) is 2.77. The molecule has 6 heteroatoms. The molecule has 2 amide bonds. The molecule has 0 aromatic carbocycles. The first kappa shape index (κ1) is 14.3. The van der Waals surface area contributed by atoms with Gasteiger partial charge in [-0.15, -0.1) is 11.8 Å². The third kappa shape index (κ3) is 4.55. The van der Waals surface area contributed by atoms with E-state index in [1.165, 1.54) is 11.8 Å². The predicted octanol–water partition coefficient (Wildman–Crippen LogP) is -0.209. The van der Waals surface area contributed by atoms with Gasteiger partial charge in [0.25, 0.3) is 0 Å². The standard InChI is InChI=1S/C11H21N3O2S/c1-8-2-3-14(9(4-8)5-12)11(16)7-17-6-10(13)15/h8-9H,2-7,12H2,1H3,(H2,13,15). The first-order valence-corrected chi connectivity index (χ1v) is 7.05. The smallest absolute Gasteiger partial charge is 0.232 e. The van der Waals surface area contributed by atoms with E-state index in [2.05, 4.69) is 6.92 Å². The van der Waals surface area contributed by atoms with E-state index in [-0.39, 0.29) is 23.6 Å². The molecule has 98 valence electrons. The summed E-state index contributed by atoms with van der Waals surface area (Å²) in [4.78, 5) is 24.4. The molecule has 0 radical (unpaired) electrons. The second kappa shape index (κ2) is 6.86. The monoisotopic (exact) mass is 259 g/mol. The van der Waals surface area contributed by atoms with Crippen LogP contribution in [0.1, 0.15) is 19.8 Å². The molecule has 0 bridgehead atoms. The fourth-order valence-electron chi connectivity index (χ4n) is 2.13. The number of carbonyl (C=O) groups excluding carboxylic acids is 2. The highest BCUT2D eigenvalue weighted by atomic mass is 32.2. The summed E-state index contributed by atoms with van der Waals surface area (Å²) in [6, 6.07) is 0.153. The number of amides is 2. The maximum Gasteiger partial charge on any atom is 0.232 e. The van der Waals surface area contributed by atoms with Crippen molar-refractivity contribution in [3.05, 3.63) is 0 Å². The van der Waals surface area contributed by atoms with E-state index >= 15 is 0 Å². The van der Waals surface area contributed by atoms with Crippen molar-refractivity contribution in [2.75, 3.05) is 24.6 Å². The van der Waals surface area contributed by atoms with Crippen LogP contribution in [0.25, 0.3) is 0 Å². The van der Waals surface area contributed by atoms with Crippen LogP contribution < -0.4 is 11.5 Å². The number of nitrogens with zero attached hydrogens (tertiary/aromatic N) is 1. The molecule has 0 spiro atoms. The van der Waals surface area contributed by atoms with Crippen LogP contribution in [0.2, 0.25) is 0 Å². The SMILES string of the molecule is CC1CCN(C(=O)CSCC(N)=O)C(CN)C1. The van der Waals surface area contributed by atoms with Crippen molar-refractivity contribution in [1.29, 1.82) is 0 Å². The van der Waals surface area contributed by atoms with Crippen molar-refractivity contribution in [3.63, 3.8) is 0 Å². The first-order valence-electron chi connectivity index (χ1n) is 5.90. The van der Waals surface area contributed by atoms with E-state index < -0.39 is 0 Å². The molecule has 17 heavy (non-hydrogen) atoms. The average molecular weight is 259 g/mol. The molecule has 0 saturated carbocycles. The molecule has 1 fully saturated rings. The Morgan fingerprint density at radius 3 is 2.71 bits per heavy atom. The Labute approximate surface area is 106 Å². The van der Waals surface area contributed by atoms with Crippen molar-refractivity contribution >= 4 is 23.6 Å². The molecule has 0 aromatic rings. The second-order valence-corrected chi connectivity index (χ2v) is 5.55. The maximum absolute atomic E-state index is 12.0. The maximum atomic E-state index is 12.0. The van der Waals surface area contributed by atoms with Crippen molar-refractivity contribution in [1.82, 2.24) is 4.90 Å². The highest BCUT2D eigenvalue weighted by molar-refractivity contribution is 8.00. The summed E-state index contributed by atoms with van der Waals surface area (Å²) in [5.41, 5.74) is 10.7. The molecule has 0 aromatic heterocycles. The number of primary amides is 1. The number of likely N-dealkylation sites (tertiary alicyclic amines) is 1. The Hall–Kier alpha value is -0.750. The second-order valence-electron chi connectivity index (χ2n) is 4.57. The van der Waals surface area contributed by atoms with E-state index in [1.54, 1.807) is 0 Å². The lowest BCUT2D eigenvalue weighted by Gasteiger charge is -2.38. The first-order chi connectivity index (χ1) is 8.04. The Kier molecular flexibility index (Phi) is 5.77. The van der Waals surface area contributed by atoms with Gasteiger partial charge in [0, 0.05) is 19.1 Å². The highest BCUT2D eigenvalue weighted by Gasteiger charge is 2.28. The summed E-state index contributed by atoms with van der Waals surface area (Å²) >= 11 is 1.27. The van der Waals surface area contributed by atoms with E-state index in [1.807, 2.05) is 4.90 Å².